The van der Waals surface area contributed by atoms with Gasteiger partial charge in [0.05, 0.1) is 11.4 Å². The van der Waals surface area contributed by atoms with Crippen LogP contribution in [0, 0.1) is 0 Å². The molecule has 0 radical (unpaired) electrons. The summed E-state index contributed by atoms with van der Waals surface area (Å²) in [6.07, 6.45) is 1.21. The fourth-order valence-electron chi connectivity index (χ4n) is 2.43. The average molecular weight is 377 g/mol. The Labute approximate surface area is 151 Å². The maximum Gasteiger partial charge on any atom is 0.241 e. The highest BCUT2D eigenvalue weighted by molar-refractivity contribution is 7.90. The second-order valence-corrected chi connectivity index (χ2v) is 8.75. The van der Waals surface area contributed by atoms with Crippen LogP contribution < -0.4 is 0 Å². The highest BCUT2D eigenvalue weighted by Gasteiger charge is 2.17. The predicted molar refractivity (Wildman–Crippen MR) is 97.0 cm³/mol. The van der Waals surface area contributed by atoms with Gasteiger partial charge in [0.2, 0.25) is 11.7 Å². The van der Waals surface area contributed by atoms with Gasteiger partial charge in [-0.2, -0.15) is 16.3 Å². The highest BCUT2D eigenvalue weighted by atomic mass is 32.2. The highest BCUT2D eigenvalue weighted by Crippen LogP contribution is 2.23. The molecule has 1 unspecified atom stereocenters. The Morgan fingerprint density at radius 3 is 2.56 bits per heavy atom. The van der Waals surface area contributed by atoms with Crippen LogP contribution in [-0.4, -0.2) is 36.8 Å². The van der Waals surface area contributed by atoms with Crippen LogP contribution in [0.25, 0.3) is 11.4 Å². The molecule has 0 N–H and O–H groups in total. The first-order chi connectivity index (χ1) is 11.8. The molecule has 6 nitrogen and oxygen atoms in total. The number of aromatic nitrogens is 2. The van der Waals surface area contributed by atoms with Gasteiger partial charge in [-0.25, -0.2) is 8.42 Å². The smallest absolute Gasteiger partial charge is 0.241 e. The fraction of sp³-hybridized carbons (Fsp3) is 0.294. The Hall–Kier alpha value is -2.03. The SMILES string of the molecule is CC(c1ccc(S(C)(=O)=O)cc1)N(C)Cc1nc(-c2ccsc2)no1. The maximum atomic E-state index is 11.6. The molecule has 0 saturated carbocycles. The van der Waals surface area contributed by atoms with Gasteiger partial charge in [-0.05, 0) is 43.1 Å². The third-order valence-electron chi connectivity index (χ3n) is 4.08. The van der Waals surface area contributed by atoms with Crippen molar-refractivity contribution in [2.24, 2.45) is 0 Å². The number of hydrogen-bond acceptors (Lipinski definition) is 7. The molecule has 0 fully saturated rings. The van der Waals surface area contributed by atoms with Crippen LogP contribution in [0.15, 0.2) is 50.5 Å². The molecule has 132 valence electrons. The first kappa shape index (κ1) is 17.8. The van der Waals surface area contributed by atoms with E-state index in [0.717, 1.165) is 11.1 Å². The van der Waals surface area contributed by atoms with Crippen LogP contribution in [0.5, 0.6) is 0 Å². The number of benzene rings is 1. The van der Waals surface area contributed by atoms with Crippen molar-refractivity contribution in [3.8, 4) is 11.4 Å². The van der Waals surface area contributed by atoms with Crippen LogP contribution in [0.3, 0.4) is 0 Å². The Bertz CT molecular complexity index is 932. The lowest BCUT2D eigenvalue weighted by atomic mass is 10.1. The largest absolute Gasteiger partial charge is 0.338 e. The molecule has 0 aliphatic heterocycles. The summed E-state index contributed by atoms with van der Waals surface area (Å²) in [4.78, 5) is 6.82. The Morgan fingerprint density at radius 1 is 1.24 bits per heavy atom. The zero-order valence-electron chi connectivity index (χ0n) is 14.2. The molecule has 0 aliphatic carbocycles. The molecule has 1 atom stereocenters. The summed E-state index contributed by atoms with van der Waals surface area (Å²) in [5.74, 6) is 1.14. The van der Waals surface area contributed by atoms with Gasteiger partial charge in [0, 0.05) is 23.2 Å². The van der Waals surface area contributed by atoms with Gasteiger partial charge in [-0.3, -0.25) is 4.90 Å². The van der Waals surface area contributed by atoms with Crippen molar-refractivity contribution in [2.45, 2.75) is 24.4 Å². The molecule has 2 aromatic heterocycles. The minimum absolute atomic E-state index is 0.0742. The molecule has 0 aliphatic rings. The molecule has 0 amide bonds. The second-order valence-electron chi connectivity index (χ2n) is 5.96. The summed E-state index contributed by atoms with van der Waals surface area (Å²) in [6.45, 7) is 2.55. The van der Waals surface area contributed by atoms with E-state index in [1.54, 1.807) is 23.5 Å². The lowest BCUT2D eigenvalue weighted by Gasteiger charge is -2.23. The first-order valence-electron chi connectivity index (χ1n) is 7.70. The first-order valence-corrected chi connectivity index (χ1v) is 10.5. The summed E-state index contributed by atoms with van der Waals surface area (Å²) >= 11 is 1.59. The van der Waals surface area contributed by atoms with Crippen LogP contribution in [0.4, 0.5) is 0 Å². The monoisotopic (exact) mass is 377 g/mol. The molecule has 8 heteroatoms. The zero-order chi connectivity index (χ0) is 18.0. The van der Waals surface area contributed by atoms with E-state index in [9.17, 15) is 8.42 Å². The quantitative estimate of drug-likeness (QED) is 0.655. The van der Waals surface area contributed by atoms with E-state index in [2.05, 4.69) is 15.0 Å². The van der Waals surface area contributed by atoms with E-state index >= 15 is 0 Å². The average Bonchev–Trinajstić information content (AvgIpc) is 3.24. The number of hydrogen-bond donors (Lipinski definition) is 0. The summed E-state index contributed by atoms with van der Waals surface area (Å²) in [5.41, 5.74) is 1.97. The zero-order valence-corrected chi connectivity index (χ0v) is 15.8. The third-order valence-corrected chi connectivity index (χ3v) is 5.90. The standard InChI is InChI=1S/C17H19N3O3S2/c1-12(13-4-6-15(7-5-13)25(3,21)22)20(2)10-16-18-17(19-23-16)14-8-9-24-11-14/h4-9,11-12H,10H2,1-3H3. The van der Waals surface area contributed by atoms with Gasteiger partial charge in [0.1, 0.15) is 0 Å². The van der Waals surface area contributed by atoms with E-state index in [0.29, 0.717) is 23.2 Å². The molecular weight excluding hydrogens is 358 g/mol. The van der Waals surface area contributed by atoms with Gasteiger partial charge in [0.15, 0.2) is 9.84 Å². The Balaban J connectivity index is 1.69. The van der Waals surface area contributed by atoms with Crippen LogP contribution in [0.1, 0.15) is 24.4 Å². The topological polar surface area (TPSA) is 76.3 Å². The third kappa shape index (κ3) is 4.15. The van der Waals surface area contributed by atoms with Crippen molar-refractivity contribution < 1.29 is 12.9 Å². The second kappa shape index (κ2) is 7.07. The Morgan fingerprint density at radius 2 is 1.96 bits per heavy atom. The molecular formula is C17H19N3O3S2. The normalized spacial score (nSPS) is 13.3. The predicted octanol–water partition coefficient (Wildman–Crippen LogP) is 3.39. The van der Waals surface area contributed by atoms with Crippen LogP contribution in [-0.2, 0) is 16.4 Å². The maximum absolute atomic E-state index is 11.6. The number of rotatable bonds is 6. The number of nitrogens with zero attached hydrogens (tertiary/aromatic N) is 3. The number of thiophene rings is 1. The molecule has 0 bridgehead atoms. The van der Waals surface area contributed by atoms with Gasteiger partial charge >= 0.3 is 0 Å². The van der Waals surface area contributed by atoms with Crippen LogP contribution in [0.2, 0.25) is 0 Å². The van der Waals surface area contributed by atoms with Crippen molar-refractivity contribution in [1.82, 2.24) is 15.0 Å². The summed E-state index contributed by atoms with van der Waals surface area (Å²) in [6, 6.07) is 8.97. The van der Waals surface area contributed by atoms with Crippen LogP contribution >= 0.6 is 11.3 Å². The van der Waals surface area contributed by atoms with E-state index in [1.165, 1.54) is 6.26 Å². The minimum Gasteiger partial charge on any atom is -0.338 e. The van der Waals surface area contributed by atoms with E-state index in [4.69, 9.17) is 4.52 Å². The van der Waals surface area contributed by atoms with Gasteiger partial charge in [0.25, 0.3) is 0 Å². The fourth-order valence-corrected chi connectivity index (χ4v) is 3.69. The van der Waals surface area contributed by atoms with Gasteiger partial charge < -0.3 is 4.52 Å². The van der Waals surface area contributed by atoms with E-state index in [1.807, 2.05) is 42.9 Å². The number of sulfone groups is 1. The summed E-state index contributed by atoms with van der Waals surface area (Å²) < 4.78 is 28.4. The van der Waals surface area contributed by atoms with Crippen molar-refractivity contribution in [3.05, 3.63) is 52.5 Å². The minimum atomic E-state index is -3.18. The van der Waals surface area contributed by atoms with E-state index < -0.39 is 9.84 Å². The molecule has 0 spiro atoms. The lowest BCUT2D eigenvalue weighted by Crippen LogP contribution is -2.22. The van der Waals surface area contributed by atoms with Gasteiger partial charge in [-0.1, -0.05) is 17.3 Å². The van der Waals surface area contributed by atoms with Gasteiger partial charge in [-0.15, -0.1) is 0 Å². The summed E-state index contributed by atoms with van der Waals surface area (Å²) in [7, 11) is -1.22. The summed E-state index contributed by atoms with van der Waals surface area (Å²) in [5, 5.41) is 7.96. The van der Waals surface area contributed by atoms with E-state index in [-0.39, 0.29) is 6.04 Å². The molecule has 3 rings (SSSR count). The molecule has 0 saturated heterocycles. The molecule has 1 aromatic carbocycles. The lowest BCUT2D eigenvalue weighted by molar-refractivity contribution is 0.216. The Kier molecular flexibility index (Phi) is 5.03. The molecule has 3 aromatic rings. The van der Waals surface area contributed by atoms with Crippen molar-refractivity contribution in [2.75, 3.05) is 13.3 Å². The van der Waals surface area contributed by atoms with Crippen molar-refractivity contribution >= 4 is 21.2 Å². The molecule has 25 heavy (non-hydrogen) atoms. The van der Waals surface area contributed by atoms with Crippen molar-refractivity contribution in [1.29, 1.82) is 0 Å². The van der Waals surface area contributed by atoms with Crippen molar-refractivity contribution in [3.63, 3.8) is 0 Å². The molecule has 2 heterocycles.